The number of carbonyl (C=O) groups is 1. The summed E-state index contributed by atoms with van der Waals surface area (Å²) in [6, 6.07) is 1.57. The van der Waals surface area contributed by atoms with Crippen molar-refractivity contribution in [3.05, 3.63) is 18.0 Å². The number of hydrogen-bond donors (Lipinski definition) is 1. The highest BCUT2D eigenvalue weighted by molar-refractivity contribution is 5.67. The van der Waals surface area contributed by atoms with Crippen LogP contribution in [0, 0.1) is 0 Å². The van der Waals surface area contributed by atoms with E-state index >= 15 is 0 Å². The molecule has 0 amide bonds. The molecule has 1 aliphatic heterocycles. The van der Waals surface area contributed by atoms with Gasteiger partial charge >= 0.3 is 5.97 Å². The first-order valence-corrected chi connectivity index (χ1v) is 6.75. The minimum atomic E-state index is -0.832. The van der Waals surface area contributed by atoms with Crippen molar-refractivity contribution in [2.45, 2.75) is 19.0 Å². The van der Waals surface area contributed by atoms with Crippen molar-refractivity contribution < 1.29 is 24.1 Å². The Bertz CT molecular complexity index is 494. The van der Waals surface area contributed by atoms with Crippen LogP contribution in [0.5, 0.6) is 11.5 Å². The third kappa shape index (κ3) is 3.83. The van der Waals surface area contributed by atoms with Crippen molar-refractivity contribution in [1.82, 2.24) is 9.88 Å². The van der Waals surface area contributed by atoms with Gasteiger partial charge in [0.2, 0.25) is 0 Å². The van der Waals surface area contributed by atoms with Crippen LogP contribution in [0.15, 0.2) is 12.3 Å². The smallest absolute Gasteiger partial charge is 0.305 e. The predicted molar refractivity (Wildman–Crippen MR) is 74.6 cm³/mol. The molecule has 1 aliphatic rings. The monoisotopic (exact) mass is 296 g/mol. The molecule has 1 aromatic heterocycles. The lowest BCUT2D eigenvalue weighted by Crippen LogP contribution is -2.46. The molecule has 21 heavy (non-hydrogen) atoms. The van der Waals surface area contributed by atoms with E-state index in [4.69, 9.17) is 19.3 Å². The van der Waals surface area contributed by atoms with E-state index in [0.29, 0.717) is 37.8 Å². The molecule has 1 unspecified atom stereocenters. The lowest BCUT2D eigenvalue weighted by atomic mass is 10.1. The Morgan fingerprint density at radius 1 is 1.52 bits per heavy atom. The van der Waals surface area contributed by atoms with E-state index in [9.17, 15) is 4.79 Å². The highest BCUT2D eigenvalue weighted by Crippen LogP contribution is 2.30. The van der Waals surface area contributed by atoms with Crippen molar-refractivity contribution in [2.75, 3.05) is 34.0 Å². The quantitative estimate of drug-likeness (QED) is 0.830. The van der Waals surface area contributed by atoms with Crippen molar-refractivity contribution >= 4 is 5.97 Å². The minimum absolute atomic E-state index is 0.0479. The maximum Gasteiger partial charge on any atom is 0.305 e. The van der Waals surface area contributed by atoms with Crippen LogP contribution in [0.4, 0.5) is 0 Å². The molecule has 1 atom stereocenters. The molecule has 0 aliphatic carbocycles. The average molecular weight is 296 g/mol. The zero-order chi connectivity index (χ0) is 15.2. The van der Waals surface area contributed by atoms with Gasteiger partial charge in [-0.15, -0.1) is 0 Å². The molecule has 1 aromatic rings. The Morgan fingerprint density at radius 3 is 3.00 bits per heavy atom. The van der Waals surface area contributed by atoms with Gasteiger partial charge in [-0.25, -0.2) is 0 Å². The van der Waals surface area contributed by atoms with Crippen LogP contribution in [0.3, 0.4) is 0 Å². The van der Waals surface area contributed by atoms with E-state index in [2.05, 4.69) is 9.88 Å². The maximum atomic E-state index is 10.9. The van der Waals surface area contributed by atoms with Crippen molar-refractivity contribution in [3.8, 4) is 11.5 Å². The maximum absolute atomic E-state index is 10.9. The van der Waals surface area contributed by atoms with Crippen LogP contribution in [-0.2, 0) is 16.1 Å². The second-order valence-corrected chi connectivity index (χ2v) is 4.79. The summed E-state index contributed by atoms with van der Waals surface area (Å²) in [6.07, 6.45) is 1.70. The molecule has 0 spiro atoms. The number of rotatable bonds is 6. The van der Waals surface area contributed by atoms with Gasteiger partial charge in [0.15, 0.2) is 11.5 Å². The number of ether oxygens (including phenoxy) is 3. The highest BCUT2D eigenvalue weighted by atomic mass is 16.5. The summed E-state index contributed by atoms with van der Waals surface area (Å²) in [4.78, 5) is 17.3. The first-order chi connectivity index (χ1) is 10.2. The standard InChI is InChI=1S/C14H20N2O5/c1-19-12-3-4-15-11(14(12)20-2)8-16-5-6-21-9-10(16)7-13(17)18/h3-4,10H,5-9H2,1-2H3,(H,17,18). The number of aromatic nitrogens is 1. The Hall–Kier alpha value is -1.86. The van der Waals surface area contributed by atoms with Gasteiger partial charge in [-0.2, -0.15) is 0 Å². The number of methoxy groups -OCH3 is 2. The fourth-order valence-corrected chi connectivity index (χ4v) is 2.44. The molecule has 0 bridgehead atoms. The second-order valence-electron chi connectivity index (χ2n) is 4.79. The van der Waals surface area contributed by atoms with Crippen LogP contribution in [-0.4, -0.2) is 61.0 Å². The molecule has 0 aromatic carbocycles. The summed E-state index contributed by atoms with van der Waals surface area (Å²) in [5, 5.41) is 8.99. The molecule has 2 heterocycles. The van der Waals surface area contributed by atoms with Gasteiger partial charge < -0.3 is 19.3 Å². The zero-order valence-electron chi connectivity index (χ0n) is 12.2. The van der Waals surface area contributed by atoms with E-state index in [0.717, 1.165) is 5.69 Å². The topological polar surface area (TPSA) is 81.1 Å². The molecule has 116 valence electrons. The number of pyridine rings is 1. The van der Waals surface area contributed by atoms with Gasteiger partial charge in [0.25, 0.3) is 0 Å². The Morgan fingerprint density at radius 2 is 2.33 bits per heavy atom. The Kier molecular flexibility index (Phi) is 5.35. The Balaban J connectivity index is 2.17. The molecule has 0 saturated carbocycles. The van der Waals surface area contributed by atoms with Crippen LogP contribution in [0.25, 0.3) is 0 Å². The van der Waals surface area contributed by atoms with Gasteiger partial charge in [0, 0.05) is 31.4 Å². The minimum Gasteiger partial charge on any atom is -0.493 e. The normalized spacial score (nSPS) is 19.2. The van der Waals surface area contributed by atoms with E-state index in [-0.39, 0.29) is 12.5 Å². The van der Waals surface area contributed by atoms with Gasteiger partial charge in [-0.05, 0) is 0 Å². The zero-order valence-corrected chi connectivity index (χ0v) is 12.2. The number of aliphatic carboxylic acids is 1. The van der Waals surface area contributed by atoms with E-state index in [1.165, 1.54) is 0 Å². The lowest BCUT2D eigenvalue weighted by molar-refractivity contribution is -0.140. The fraction of sp³-hybridized carbons (Fsp3) is 0.571. The third-order valence-electron chi connectivity index (χ3n) is 3.48. The van der Waals surface area contributed by atoms with E-state index in [1.54, 1.807) is 26.5 Å². The van der Waals surface area contributed by atoms with Crippen molar-refractivity contribution in [3.63, 3.8) is 0 Å². The summed E-state index contributed by atoms with van der Waals surface area (Å²) >= 11 is 0. The molecular formula is C14H20N2O5. The number of carboxylic acids is 1. The van der Waals surface area contributed by atoms with Crippen LogP contribution in [0.2, 0.25) is 0 Å². The molecule has 0 radical (unpaired) electrons. The Labute approximate surface area is 123 Å². The number of nitrogens with zero attached hydrogens (tertiary/aromatic N) is 2. The van der Waals surface area contributed by atoms with Crippen LogP contribution < -0.4 is 9.47 Å². The summed E-state index contributed by atoms with van der Waals surface area (Å²) in [5.74, 6) is 0.368. The molecule has 1 saturated heterocycles. The SMILES string of the molecule is COc1ccnc(CN2CCOCC2CC(=O)O)c1OC. The van der Waals surface area contributed by atoms with Gasteiger partial charge in [-0.3, -0.25) is 14.7 Å². The van der Waals surface area contributed by atoms with Gasteiger partial charge in [0.1, 0.15) is 5.69 Å². The first-order valence-electron chi connectivity index (χ1n) is 6.75. The molecular weight excluding hydrogens is 276 g/mol. The third-order valence-corrected chi connectivity index (χ3v) is 3.48. The molecule has 7 nitrogen and oxygen atoms in total. The van der Waals surface area contributed by atoms with E-state index in [1.807, 2.05) is 0 Å². The van der Waals surface area contributed by atoms with Gasteiger partial charge in [-0.1, -0.05) is 0 Å². The van der Waals surface area contributed by atoms with E-state index < -0.39 is 5.97 Å². The summed E-state index contributed by atoms with van der Waals surface area (Å²) < 4.78 is 16.0. The molecule has 1 fully saturated rings. The van der Waals surface area contributed by atoms with Crippen molar-refractivity contribution in [1.29, 1.82) is 0 Å². The highest BCUT2D eigenvalue weighted by Gasteiger charge is 2.27. The fourth-order valence-electron chi connectivity index (χ4n) is 2.44. The summed E-state index contributed by atoms with van der Waals surface area (Å²) in [7, 11) is 3.14. The average Bonchev–Trinajstić information content (AvgIpc) is 2.48. The lowest BCUT2D eigenvalue weighted by Gasteiger charge is -2.34. The van der Waals surface area contributed by atoms with Crippen LogP contribution in [0.1, 0.15) is 12.1 Å². The van der Waals surface area contributed by atoms with Gasteiger partial charge in [0.05, 0.1) is 33.9 Å². The summed E-state index contributed by atoms with van der Waals surface area (Å²) in [6.45, 7) is 2.17. The second kappa shape index (κ2) is 7.24. The number of morpholine rings is 1. The molecule has 1 N–H and O–H groups in total. The number of hydrogen-bond acceptors (Lipinski definition) is 6. The molecule has 2 rings (SSSR count). The number of carboxylic acid groups (broad SMARTS) is 1. The molecule has 7 heteroatoms. The largest absolute Gasteiger partial charge is 0.493 e. The summed E-state index contributed by atoms with van der Waals surface area (Å²) in [5.41, 5.74) is 0.731. The first kappa shape index (κ1) is 15.5. The predicted octanol–water partition coefficient (Wildman–Crippen LogP) is 0.774. The van der Waals surface area contributed by atoms with Crippen LogP contribution >= 0.6 is 0 Å². The van der Waals surface area contributed by atoms with Crippen molar-refractivity contribution in [2.24, 2.45) is 0 Å².